The van der Waals surface area contributed by atoms with Crippen molar-refractivity contribution in [1.82, 2.24) is 20.2 Å². The largest absolute Gasteiger partial charge is 0.326 e. The third kappa shape index (κ3) is 4.79. The molecule has 3 aromatic rings. The van der Waals surface area contributed by atoms with Crippen molar-refractivity contribution in [3.8, 4) is 5.69 Å². The Bertz CT molecular complexity index is 962. The van der Waals surface area contributed by atoms with Crippen LogP contribution >= 0.6 is 11.8 Å². The predicted molar refractivity (Wildman–Crippen MR) is 104 cm³/mol. The number of tetrazole rings is 1. The van der Waals surface area contributed by atoms with Crippen molar-refractivity contribution in [2.24, 2.45) is 0 Å². The van der Waals surface area contributed by atoms with Gasteiger partial charge in [-0.15, -0.1) is 5.10 Å². The fourth-order valence-electron chi connectivity index (χ4n) is 2.66. The van der Waals surface area contributed by atoms with Gasteiger partial charge < -0.3 is 5.32 Å². The summed E-state index contributed by atoms with van der Waals surface area (Å²) in [5.41, 5.74) is 4.33. The Hall–Kier alpha value is -3.00. The minimum atomic E-state index is -0.150. The van der Waals surface area contributed by atoms with Gasteiger partial charge in [0.05, 0.1) is 11.4 Å². The number of carbonyl (C=O) groups excluding carboxylic acids is 2. The van der Waals surface area contributed by atoms with Crippen LogP contribution in [-0.4, -0.2) is 37.7 Å². The lowest BCUT2D eigenvalue weighted by atomic mass is 10.1. The Morgan fingerprint density at radius 3 is 2.37 bits per heavy atom. The molecule has 0 aliphatic rings. The number of rotatable bonds is 6. The summed E-state index contributed by atoms with van der Waals surface area (Å²) in [4.78, 5) is 23.5. The van der Waals surface area contributed by atoms with Gasteiger partial charge in [0.25, 0.3) is 0 Å². The highest BCUT2D eigenvalue weighted by molar-refractivity contribution is 7.99. The molecular formula is C19H19N5O2S. The average molecular weight is 381 g/mol. The van der Waals surface area contributed by atoms with Crippen molar-refractivity contribution >= 4 is 29.1 Å². The Morgan fingerprint density at radius 1 is 1.07 bits per heavy atom. The summed E-state index contributed by atoms with van der Waals surface area (Å²) >= 11 is 1.29. The van der Waals surface area contributed by atoms with E-state index in [9.17, 15) is 9.59 Å². The van der Waals surface area contributed by atoms with Gasteiger partial charge in [0.1, 0.15) is 0 Å². The highest BCUT2D eigenvalue weighted by Crippen LogP contribution is 2.21. The van der Waals surface area contributed by atoms with Crippen LogP contribution in [-0.2, 0) is 4.79 Å². The van der Waals surface area contributed by atoms with Crippen LogP contribution < -0.4 is 5.32 Å². The van der Waals surface area contributed by atoms with E-state index in [-0.39, 0.29) is 17.4 Å². The molecule has 0 fully saturated rings. The number of anilines is 1. The van der Waals surface area contributed by atoms with Gasteiger partial charge >= 0.3 is 0 Å². The number of thioether (sulfide) groups is 1. The number of hydrogen-bond acceptors (Lipinski definition) is 6. The molecule has 138 valence electrons. The maximum Gasteiger partial charge on any atom is 0.221 e. The predicted octanol–water partition coefficient (Wildman–Crippen LogP) is 3.21. The minimum absolute atomic E-state index is 0.0376. The van der Waals surface area contributed by atoms with Gasteiger partial charge in [0.15, 0.2) is 5.78 Å². The maximum absolute atomic E-state index is 12.4. The van der Waals surface area contributed by atoms with Crippen molar-refractivity contribution in [3.63, 3.8) is 0 Å². The second-order valence-electron chi connectivity index (χ2n) is 6.19. The first-order valence-electron chi connectivity index (χ1n) is 8.33. The van der Waals surface area contributed by atoms with Crippen LogP contribution in [0.15, 0.2) is 47.6 Å². The zero-order valence-electron chi connectivity index (χ0n) is 15.3. The molecule has 0 radical (unpaired) electrons. The van der Waals surface area contributed by atoms with Crippen LogP contribution in [0.3, 0.4) is 0 Å². The molecule has 1 N–H and O–H groups in total. The maximum atomic E-state index is 12.4. The molecule has 0 bridgehead atoms. The number of amides is 1. The van der Waals surface area contributed by atoms with Gasteiger partial charge in [-0.05, 0) is 71.8 Å². The smallest absolute Gasteiger partial charge is 0.221 e. The lowest BCUT2D eigenvalue weighted by molar-refractivity contribution is -0.114. The third-order valence-corrected chi connectivity index (χ3v) is 4.67. The molecule has 3 rings (SSSR count). The summed E-state index contributed by atoms with van der Waals surface area (Å²) in [5, 5.41) is 15.0. The minimum Gasteiger partial charge on any atom is -0.326 e. The molecule has 8 heteroatoms. The van der Waals surface area contributed by atoms with E-state index in [1.165, 1.54) is 18.7 Å². The molecular weight excluding hydrogens is 362 g/mol. The number of ketones is 1. The van der Waals surface area contributed by atoms with Gasteiger partial charge in [0, 0.05) is 18.2 Å². The Kier molecular flexibility index (Phi) is 5.66. The van der Waals surface area contributed by atoms with Crippen LogP contribution in [0.5, 0.6) is 0 Å². The first-order chi connectivity index (χ1) is 12.9. The quantitative estimate of drug-likeness (QED) is 0.521. The first-order valence-corrected chi connectivity index (χ1v) is 9.31. The molecule has 0 aliphatic carbocycles. The Labute approximate surface area is 161 Å². The summed E-state index contributed by atoms with van der Waals surface area (Å²) in [5.74, 6) is 0.0252. The van der Waals surface area contributed by atoms with Crippen LogP contribution in [0.25, 0.3) is 5.69 Å². The molecule has 2 aromatic carbocycles. The van der Waals surface area contributed by atoms with Gasteiger partial charge in [0.2, 0.25) is 11.1 Å². The Morgan fingerprint density at radius 2 is 1.74 bits per heavy atom. The van der Waals surface area contributed by atoms with Crippen molar-refractivity contribution in [3.05, 3.63) is 59.2 Å². The SMILES string of the molecule is CC(=O)Nc1ccc(C(=O)CSc2nnnn2-c2cc(C)cc(C)c2)cc1. The Balaban J connectivity index is 1.69. The summed E-state index contributed by atoms with van der Waals surface area (Å²) in [6, 6.07) is 12.9. The second-order valence-corrected chi connectivity index (χ2v) is 7.13. The molecule has 1 aromatic heterocycles. The lowest BCUT2D eigenvalue weighted by Gasteiger charge is -2.07. The molecule has 27 heavy (non-hydrogen) atoms. The van der Waals surface area contributed by atoms with E-state index >= 15 is 0 Å². The van der Waals surface area contributed by atoms with E-state index < -0.39 is 0 Å². The van der Waals surface area contributed by atoms with E-state index in [4.69, 9.17) is 0 Å². The van der Waals surface area contributed by atoms with Gasteiger partial charge in [-0.2, -0.15) is 4.68 Å². The van der Waals surface area contributed by atoms with Crippen LogP contribution in [0.2, 0.25) is 0 Å². The fraction of sp³-hybridized carbons (Fsp3) is 0.211. The van der Waals surface area contributed by atoms with E-state index in [0.29, 0.717) is 16.4 Å². The lowest BCUT2D eigenvalue weighted by Crippen LogP contribution is -2.07. The zero-order valence-corrected chi connectivity index (χ0v) is 16.1. The van der Waals surface area contributed by atoms with Gasteiger partial charge in [-0.25, -0.2) is 0 Å². The zero-order chi connectivity index (χ0) is 19.4. The molecule has 7 nitrogen and oxygen atoms in total. The number of benzene rings is 2. The van der Waals surface area contributed by atoms with E-state index in [2.05, 4.69) is 26.9 Å². The third-order valence-electron chi connectivity index (χ3n) is 3.75. The molecule has 1 amide bonds. The van der Waals surface area contributed by atoms with Crippen molar-refractivity contribution in [2.45, 2.75) is 25.9 Å². The molecule has 0 saturated carbocycles. The number of nitrogens with zero attached hydrogens (tertiary/aromatic N) is 4. The number of Topliss-reactive ketones (excluding diaryl/α,β-unsaturated/α-hetero) is 1. The highest BCUT2D eigenvalue weighted by atomic mass is 32.2. The number of nitrogens with one attached hydrogen (secondary N) is 1. The summed E-state index contributed by atoms with van der Waals surface area (Å²) in [7, 11) is 0. The van der Waals surface area contributed by atoms with Gasteiger partial charge in [-0.3, -0.25) is 9.59 Å². The van der Waals surface area contributed by atoms with Gasteiger partial charge in [-0.1, -0.05) is 17.8 Å². The highest BCUT2D eigenvalue weighted by Gasteiger charge is 2.13. The number of aryl methyl sites for hydroxylation is 2. The van der Waals surface area contributed by atoms with Crippen LogP contribution in [0, 0.1) is 13.8 Å². The standard InChI is InChI=1S/C19H19N5O2S/c1-12-8-13(2)10-17(9-12)24-19(21-22-23-24)27-11-18(26)15-4-6-16(7-5-15)20-14(3)25/h4-10H,11H2,1-3H3,(H,20,25). The average Bonchev–Trinajstić information content (AvgIpc) is 3.07. The number of hydrogen-bond donors (Lipinski definition) is 1. The number of carbonyl (C=O) groups is 2. The molecule has 1 heterocycles. The molecule has 0 atom stereocenters. The monoisotopic (exact) mass is 381 g/mol. The van der Waals surface area contributed by atoms with Crippen LogP contribution in [0.4, 0.5) is 5.69 Å². The second kappa shape index (κ2) is 8.13. The van der Waals surface area contributed by atoms with Crippen molar-refractivity contribution in [2.75, 3.05) is 11.1 Å². The summed E-state index contributed by atoms with van der Waals surface area (Å²) < 4.78 is 1.64. The normalized spacial score (nSPS) is 10.6. The summed E-state index contributed by atoms with van der Waals surface area (Å²) in [6.07, 6.45) is 0. The van der Waals surface area contributed by atoms with Crippen molar-refractivity contribution in [1.29, 1.82) is 0 Å². The van der Waals surface area contributed by atoms with E-state index in [1.807, 2.05) is 26.0 Å². The first kappa shape index (κ1) is 18.8. The van der Waals surface area contributed by atoms with E-state index in [1.54, 1.807) is 28.9 Å². The topological polar surface area (TPSA) is 89.8 Å². The molecule has 0 saturated heterocycles. The van der Waals surface area contributed by atoms with Crippen molar-refractivity contribution < 1.29 is 9.59 Å². The molecule has 0 unspecified atom stereocenters. The van der Waals surface area contributed by atoms with E-state index in [0.717, 1.165) is 16.8 Å². The summed E-state index contributed by atoms with van der Waals surface area (Å²) in [6.45, 7) is 5.47. The number of aromatic nitrogens is 4. The van der Waals surface area contributed by atoms with Crippen LogP contribution in [0.1, 0.15) is 28.4 Å². The fourth-order valence-corrected chi connectivity index (χ4v) is 3.45. The molecule has 0 spiro atoms. The molecule has 0 aliphatic heterocycles.